The number of imide groups is 1. The number of aromatic nitrogens is 2. The average molecular weight is 692 g/mol. The maximum Gasteiger partial charge on any atom is 0.322 e. The van der Waals surface area contributed by atoms with E-state index < -0.39 is 23.3 Å². The summed E-state index contributed by atoms with van der Waals surface area (Å²) in [6, 6.07) is 6.24. The number of nitrogens with zero attached hydrogens (tertiary/aromatic N) is 5. The molecule has 0 bridgehead atoms. The number of methoxy groups -OCH3 is 1. The van der Waals surface area contributed by atoms with Gasteiger partial charge in [-0.05, 0) is 61.6 Å². The number of hydrogen-bond acceptors (Lipinski definition) is 10. The fourth-order valence-electron chi connectivity index (χ4n) is 9.20. The molecular formula is C36H43F2N7O5. The lowest BCUT2D eigenvalue weighted by atomic mass is 9.88. The zero-order valence-corrected chi connectivity index (χ0v) is 28.4. The number of fused-ring (bicyclic) bond motifs is 3. The highest BCUT2D eigenvalue weighted by Gasteiger charge is 2.54. The van der Waals surface area contributed by atoms with Gasteiger partial charge < -0.3 is 29.7 Å². The molecule has 5 aliphatic heterocycles. The molecule has 3 aromatic rings. The number of aryl methyl sites for hydroxylation is 1. The van der Waals surface area contributed by atoms with Crippen LogP contribution in [0.3, 0.4) is 0 Å². The van der Waals surface area contributed by atoms with Gasteiger partial charge in [0.05, 0.1) is 30.9 Å². The van der Waals surface area contributed by atoms with Crippen LogP contribution in [0.1, 0.15) is 55.8 Å². The highest BCUT2D eigenvalue weighted by molar-refractivity contribution is 6.07. The Balaban J connectivity index is 1.16. The molecule has 3 N–H and O–H groups in total. The molecular weight excluding hydrogens is 648 g/mol. The second-order valence-electron chi connectivity index (χ2n) is 14.5. The van der Waals surface area contributed by atoms with E-state index in [2.05, 4.69) is 20.4 Å². The summed E-state index contributed by atoms with van der Waals surface area (Å²) in [4.78, 5) is 41.4. The van der Waals surface area contributed by atoms with Crippen LogP contribution in [0.5, 0.6) is 11.8 Å². The minimum absolute atomic E-state index is 0.0877. The fourth-order valence-corrected chi connectivity index (χ4v) is 9.20. The summed E-state index contributed by atoms with van der Waals surface area (Å²) in [5.41, 5.74) is 1.38. The van der Waals surface area contributed by atoms with Crippen molar-refractivity contribution in [3.05, 3.63) is 46.9 Å². The van der Waals surface area contributed by atoms with Gasteiger partial charge in [-0.25, -0.2) is 13.6 Å². The van der Waals surface area contributed by atoms with Gasteiger partial charge in [0.2, 0.25) is 0 Å². The zero-order chi connectivity index (χ0) is 34.8. The van der Waals surface area contributed by atoms with E-state index in [4.69, 9.17) is 19.4 Å². The quantitative estimate of drug-likeness (QED) is 0.300. The van der Waals surface area contributed by atoms with Crippen molar-refractivity contribution >= 4 is 34.2 Å². The Morgan fingerprint density at radius 1 is 1.14 bits per heavy atom. The first-order valence-corrected chi connectivity index (χ1v) is 17.6. The van der Waals surface area contributed by atoms with Crippen LogP contribution in [0, 0.1) is 5.82 Å². The van der Waals surface area contributed by atoms with Crippen molar-refractivity contribution in [3.63, 3.8) is 0 Å². The van der Waals surface area contributed by atoms with Gasteiger partial charge in [-0.3, -0.25) is 15.0 Å². The Morgan fingerprint density at radius 2 is 2.00 bits per heavy atom. The van der Waals surface area contributed by atoms with Gasteiger partial charge in [-0.2, -0.15) is 9.97 Å². The highest BCUT2D eigenvalue weighted by Crippen LogP contribution is 2.44. The lowest BCUT2D eigenvalue weighted by molar-refractivity contribution is -0.124. The van der Waals surface area contributed by atoms with Crippen molar-refractivity contribution in [3.8, 4) is 11.8 Å². The number of phenolic OH excluding ortho intramolecular Hbond substituents is 1. The maximum atomic E-state index is 15.1. The first-order chi connectivity index (χ1) is 24.1. The fraction of sp³-hybridized carbons (Fsp3) is 0.556. The molecule has 2 aromatic carbocycles. The minimum atomic E-state index is -1.06. The third-order valence-corrected chi connectivity index (χ3v) is 11.5. The lowest BCUT2D eigenvalue weighted by Crippen LogP contribution is -2.59. The van der Waals surface area contributed by atoms with E-state index in [1.54, 1.807) is 25.3 Å². The Hall–Kier alpha value is -4.30. The van der Waals surface area contributed by atoms with E-state index in [9.17, 15) is 19.1 Å². The van der Waals surface area contributed by atoms with Gasteiger partial charge >= 0.3 is 12.0 Å². The summed E-state index contributed by atoms with van der Waals surface area (Å²) in [7, 11) is 1.66. The van der Waals surface area contributed by atoms with Crippen LogP contribution in [0.15, 0.2) is 24.3 Å². The number of anilines is 2. The molecule has 3 unspecified atom stereocenters. The smallest absolute Gasteiger partial charge is 0.322 e. The van der Waals surface area contributed by atoms with E-state index in [0.717, 1.165) is 40.6 Å². The number of carbonyl (C=O) groups excluding carboxylic acids is 2. The summed E-state index contributed by atoms with van der Waals surface area (Å²) in [5.74, 6) is 0.0964. The number of urea groups is 1. The number of phenols is 1. The van der Waals surface area contributed by atoms with Gasteiger partial charge in [0.25, 0.3) is 5.91 Å². The number of alkyl halides is 1. The molecule has 5 aliphatic rings. The number of carbonyl (C=O) groups is 2. The van der Waals surface area contributed by atoms with Crippen molar-refractivity contribution < 1.29 is 33.0 Å². The van der Waals surface area contributed by atoms with Crippen molar-refractivity contribution in [2.45, 2.75) is 81.7 Å². The summed E-state index contributed by atoms with van der Waals surface area (Å²) in [6.07, 6.45) is 3.27. The predicted octanol–water partition coefficient (Wildman–Crippen LogP) is 3.75. The number of ether oxygens (including phenoxy) is 2. The molecule has 1 spiro atoms. The molecule has 8 rings (SSSR count). The minimum Gasteiger partial charge on any atom is -0.508 e. The van der Waals surface area contributed by atoms with Crippen LogP contribution in [0.25, 0.3) is 10.8 Å². The third kappa shape index (κ3) is 5.47. The van der Waals surface area contributed by atoms with E-state index in [-0.39, 0.29) is 42.7 Å². The van der Waals surface area contributed by atoms with Crippen molar-refractivity contribution in [2.24, 2.45) is 0 Å². The van der Waals surface area contributed by atoms with Gasteiger partial charge in [0, 0.05) is 61.9 Å². The van der Waals surface area contributed by atoms with Crippen LogP contribution in [-0.2, 0) is 28.9 Å². The molecule has 14 heteroatoms. The number of amides is 3. The van der Waals surface area contributed by atoms with E-state index >= 15 is 4.39 Å². The second kappa shape index (κ2) is 12.5. The van der Waals surface area contributed by atoms with Crippen molar-refractivity contribution in [1.29, 1.82) is 0 Å². The standard InChI is InChI=1S/C36H43F2N7O5/c1-3-25-27(38)6-5-21-13-24(46)14-29(30(21)25)43-12-8-26-28(17-43)39-34(50-20-35-10-7-23(18-49-2)45(35)16-22(37)15-35)40-31(26)44-11-4-9-36(19-44)32(47)41-33(48)42-36/h5-6,13-14,22-23,46H,3-4,7-12,15-20H2,1-2H3,(H2,41,42,47,48)/t22-,23?,35?,36?/m1/s1. The normalized spacial score (nSPS) is 27.9. The Labute approximate surface area is 289 Å². The van der Waals surface area contributed by atoms with Crippen LogP contribution in [0.2, 0.25) is 0 Å². The Morgan fingerprint density at radius 3 is 2.78 bits per heavy atom. The number of nitrogens with one attached hydrogen (secondary N) is 2. The molecule has 266 valence electrons. The Bertz CT molecular complexity index is 1860. The molecule has 6 heterocycles. The number of hydrogen-bond donors (Lipinski definition) is 3. The van der Waals surface area contributed by atoms with Crippen LogP contribution in [0.4, 0.5) is 25.1 Å². The van der Waals surface area contributed by atoms with Gasteiger partial charge in [-0.15, -0.1) is 0 Å². The molecule has 1 aromatic heterocycles. The number of benzene rings is 2. The maximum absolute atomic E-state index is 15.1. The molecule has 3 amide bonds. The molecule has 4 saturated heterocycles. The first kappa shape index (κ1) is 32.9. The van der Waals surface area contributed by atoms with Crippen molar-refractivity contribution in [2.75, 3.05) is 56.3 Å². The Kier molecular flexibility index (Phi) is 8.21. The molecule has 0 aliphatic carbocycles. The van der Waals surface area contributed by atoms with Crippen LogP contribution >= 0.6 is 0 Å². The average Bonchev–Trinajstić information content (AvgIpc) is 3.70. The molecule has 50 heavy (non-hydrogen) atoms. The number of piperidine rings is 1. The number of aromatic hydroxyl groups is 1. The van der Waals surface area contributed by atoms with E-state index in [1.165, 1.54) is 6.07 Å². The summed E-state index contributed by atoms with van der Waals surface area (Å²) in [6.45, 7) is 4.75. The summed E-state index contributed by atoms with van der Waals surface area (Å²) in [5, 5.41) is 17.5. The number of halogens is 2. The van der Waals surface area contributed by atoms with Gasteiger partial charge in [-0.1, -0.05) is 13.0 Å². The first-order valence-electron chi connectivity index (χ1n) is 17.6. The number of rotatable bonds is 8. The highest BCUT2D eigenvalue weighted by atomic mass is 19.1. The second-order valence-corrected chi connectivity index (χ2v) is 14.5. The molecule has 0 radical (unpaired) electrons. The van der Waals surface area contributed by atoms with Gasteiger partial charge in [0.15, 0.2) is 0 Å². The molecule has 4 fully saturated rings. The van der Waals surface area contributed by atoms with Crippen LogP contribution in [-0.4, -0.2) is 102 Å². The van der Waals surface area contributed by atoms with E-state index in [1.807, 2.05) is 11.8 Å². The van der Waals surface area contributed by atoms with Crippen LogP contribution < -0.4 is 25.2 Å². The molecule has 4 atom stereocenters. The SMILES string of the molecule is CCc1c(F)ccc2cc(O)cc(N3CCc4c(nc(OCC56CCC(COC)N5C[C@H](F)C6)nc4N4CCCC5(C4)NC(=O)NC5=O)C3)c12. The topological polar surface area (TPSA) is 132 Å². The lowest BCUT2D eigenvalue weighted by Gasteiger charge is -2.40. The zero-order valence-electron chi connectivity index (χ0n) is 28.4. The summed E-state index contributed by atoms with van der Waals surface area (Å²) < 4.78 is 41.9. The van der Waals surface area contributed by atoms with E-state index in [0.29, 0.717) is 76.3 Å². The van der Waals surface area contributed by atoms with Gasteiger partial charge in [0.1, 0.15) is 35.7 Å². The predicted molar refractivity (Wildman–Crippen MR) is 182 cm³/mol. The summed E-state index contributed by atoms with van der Waals surface area (Å²) >= 11 is 0. The third-order valence-electron chi connectivity index (χ3n) is 11.5. The monoisotopic (exact) mass is 691 g/mol. The molecule has 0 saturated carbocycles. The largest absolute Gasteiger partial charge is 0.508 e. The van der Waals surface area contributed by atoms with Crippen molar-refractivity contribution in [1.82, 2.24) is 25.5 Å². The molecule has 12 nitrogen and oxygen atoms in total.